The van der Waals surface area contributed by atoms with Crippen molar-refractivity contribution in [3.63, 3.8) is 0 Å². The van der Waals surface area contributed by atoms with E-state index in [2.05, 4.69) is 64.3 Å². The summed E-state index contributed by atoms with van der Waals surface area (Å²) in [6.07, 6.45) is 7.70. The second-order valence-electron chi connectivity index (χ2n) is 5.40. The van der Waals surface area contributed by atoms with Crippen molar-refractivity contribution in [2.24, 2.45) is 11.7 Å². The third-order valence-corrected chi connectivity index (χ3v) is 3.86. The summed E-state index contributed by atoms with van der Waals surface area (Å²) in [6, 6.07) is 8.65. The first-order valence-corrected chi connectivity index (χ1v) is 7.49. The van der Waals surface area contributed by atoms with E-state index in [-0.39, 0.29) is 12.1 Å². The van der Waals surface area contributed by atoms with E-state index in [1.54, 1.807) is 6.08 Å². The average Bonchev–Trinajstić information content (AvgIpc) is 2.46. The standard InChI is InChI=1S/C20H27N.H3N/c1-6-8-9-10-20(17(5)21)19(7-2)16(4)18-13-11-15(3)12-14-18;/h6,8-9,11-14,20H,1,5,7,10,21H2,2-4H3;1H3/b9-8-,19-16+;. The van der Waals surface area contributed by atoms with Crippen LogP contribution in [0.1, 0.15) is 37.8 Å². The molecule has 0 aliphatic carbocycles. The molecule has 1 atom stereocenters. The molecule has 0 spiro atoms. The molecular weight excluding hydrogens is 268 g/mol. The first-order valence-electron chi connectivity index (χ1n) is 7.49. The van der Waals surface area contributed by atoms with Gasteiger partial charge >= 0.3 is 0 Å². The molecule has 0 bridgehead atoms. The highest BCUT2D eigenvalue weighted by Crippen LogP contribution is 2.31. The Kier molecular flexibility index (Phi) is 8.88. The summed E-state index contributed by atoms with van der Waals surface area (Å²) in [7, 11) is 0. The Hall–Kier alpha value is -2.06. The second-order valence-corrected chi connectivity index (χ2v) is 5.40. The number of allylic oxidation sites excluding steroid dienone is 5. The molecule has 0 heterocycles. The minimum Gasteiger partial charge on any atom is -0.402 e. The maximum absolute atomic E-state index is 6.05. The quantitative estimate of drug-likeness (QED) is 0.647. The van der Waals surface area contributed by atoms with Gasteiger partial charge in [-0.3, -0.25) is 0 Å². The largest absolute Gasteiger partial charge is 0.402 e. The zero-order chi connectivity index (χ0) is 15.8. The smallest absolute Gasteiger partial charge is 0.0228 e. The van der Waals surface area contributed by atoms with Crippen LogP contribution in [0.3, 0.4) is 0 Å². The van der Waals surface area contributed by atoms with Crippen molar-refractivity contribution < 1.29 is 0 Å². The number of hydrogen-bond acceptors (Lipinski definition) is 2. The van der Waals surface area contributed by atoms with Crippen LogP contribution in [0.15, 0.2) is 66.9 Å². The van der Waals surface area contributed by atoms with Crippen molar-refractivity contribution in [1.29, 1.82) is 0 Å². The Morgan fingerprint density at radius 2 is 1.86 bits per heavy atom. The number of benzene rings is 1. The fraction of sp³-hybridized carbons (Fsp3) is 0.300. The zero-order valence-electron chi connectivity index (χ0n) is 14.2. The molecule has 1 aromatic rings. The Labute approximate surface area is 135 Å². The van der Waals surface area contributed by atoms with Crippen LogP contribution < -0.4 is 11.9 Å². The van der Waals surface area contributed by atoms with Crippen LogP contribution in [0.25, 0.3) is 5.57 Å². The van der Waals surface area contributed by atoms with Crippen molar-refractivity contribution in [2.45, 2.75) is 33.6 Å². The van der Waals surface area contributed by atoms with Gasteiger partial charge in [0.15, 0.2) is 0 Å². The molecule has 22 heavy (non-hydrogen) atoms. The van der Waals surface area contributed by atoms with E-state index >= 15 is 0 Å². The molecular formula is C20H30N2. The first kappa shape index (κ1) is 19.9. The fourth-order valence-corrected chi connectivity index (χ4v) is 2.59. The van der Waals surface area contributed by atoms with Gasteiger partial charge in [0.25, 0.3) is 0 Å². The third-order valence-electron chi connectivity index (χ3n) is 3.86. The minimum atomic E-state index is 0. The Balaban J connectivity index is 0.00000441. The topological polar surface area (TPSA) is 61.0 Å². The lowest BCUT2D eigenvalue weighted by molar-refractivity contribution is 0.692. The number of nitrogens with two attached hydrogens (primary N) is 1. The molecule has 0 aliphatic rings. The molecule has 5 N–H and O–H groups in total. The summed E-state index contributed by atoms with van der Waals surface area (Å²) in [6.45, 7) is 14.1. The highest BCUT2D eigenvalue weighted by Gasteiger charge is 2.16. The predicted molar refractivity (Wildman–Crippen MR) is 99.9 cm³/mol. The average molecular weight is 298 g/mol. The molecule has 0 amide bonds. The second kappa shape index (κ2) is 9.80. The molecule has 0 radical (unpaired) electrons. The van der Waals surface area contributed by atoms with Crippen LogP contribution in [0, 0.1) is 12.8 Å². The SMILES string of the molecule is C=C/C=C\CC(C(=C)N)/C(CC)=C(\C)c1ccc(C)cc1.N. The van der Waals surface area contributed by atoms with Gasteiger partial charge in [0, 0.05) is 11.6 Å². The van der Waals surface area contributed by atoms with Crippen LogP contribution in [-0.4, -0.2) is 0 Å². The van der Waals surface area contributed by atoms with Gasteiger partial charge in [-0.2, -0.15) is 0 Å². The lowest BCUT2D eigenvalue weighted by atomic mass is 9.85. The molecule has 1 aromatic carbocycles. The van der Waals surface area contributed by atoms with Gasteiger partial charge in [0.1, 0.15) is 0 Å². The lowest BCUT2D eigenvalue weighted by Crippen LogP contribution is -2.14. The Morgan fingerprint density at radius 1 is 1.27 bits per heavy atom. The van der Waals surface area contributed by atoms with Crippen LogP contribution in [0.4, 0.5) is 0 Å². The van der Waals surface area contributed by atoms with Gasteiger partial charge in [-0.15, -0.1) is 0 Å². The van der Waals surface area contributed by atoms with E-state index in [0.717, 1.165) is 18.5 Å². The summed E-state index contributed by atoms with van der Waals surface area (Å²) < 4.78 is 0. The maximum atomic E-state index is 6.05. The Morgan fingerprint density at radius 3 is 2.32 bits per heavy atom. The van der Waals surface area contributed by atoms with Crippen molar-refractivity contribution >= 4 is 5.57 Å². The summed E-state index contributed by atoms with van der Waals surface area (Å²) in [5.74, 6) is 0.188. The summed E-state index contributed by atoms with van der Waals surface area (Å²) in [4.78, 5) is 0. The molecule has 0 saturated carbocycles. The van der Waals surface area contributed by atoms with Crippen LogP contribution in [0.5, 0.6) is 0 Å². The van der Waals surface area contributed by atoms with E-state index in [4.69, 9.17) is 5.73 Å². The molecule has 1 rings (SSSR count). The van der Waals surface area contributed by atoms with Gasteiger partial charge < -0.3 is 11.9 Å². The van der Waals surface area contributed by atoms with Gasteiger partial charge in [0.05, 0.1) is 0 Å². The van der Waals surface area contributed by atoms with E-state index in [9.17, 15) is 0 Å². The molecule has 2 nitrogen and oxygen atoms in total. The number of rotatable bonds is 7. The zero-order valence-corrected chi connectivity index (χ0v) is 14.2. The molecule has 120 valence electrons. The fourth-order valence-electron chi connectivity index (χ4n) is 2.59. The van der Waals surface area contributed by atoms with Gasteiger partial charge in [-0.05, 0) is 37.8 Å². The molecule has 0 fully saturated rings. The molecule has 0 saturated heterocycles. The van der Waals surface area contributed by atoms with E-state index < -0.39 is 0 Å². The summed E-state index contributed by atoms with van der Waals surface area (Å²) in [5, 5.41) is 0. The molecule has 1 unspecified atom stereocenters. The van der Waals surface area contributed by atoms with Crippen molar-refractivity contribution in [3.8, 4) is 0 Å². The minimum absolute atomic E-state index is 0. The van der Waals surface area contributed by atoms with Gasteiger partial charge in [0.2, 0.25) is 0 Å². The van der Waals surface area contributed by atoms with Crippen molar-refractivity contribution in [3.05, 3.63) is 78.0 Å². The molecule has 2 heteroatoms. The number of aryl methyl sites for hydroxylation is 1. The molecule has 0 aromatic heterocycles. The van der Waals surface area contributed by atoms with Gasteiger partial charge in [-0.25, -0.2) is 0 Å². The van der Waals surface area contributed by atoms with E-state index in [1.165, 1.54) is 22.3 Å². The Bertz CT molecular complexity index is 548. The summed E-state index contributed by atoms with van der Waals surface area (Å²) in [5.41, 5.74) is 12.0. The van der Waals surface area contributed by atoms with Crippen LogP contribution in [-0.2, 0) is 0 Å². The van der Waals surface area contributed by atoms with Crippen LogP contribution in [0.2, 0.25) is 0 Å². The number of hydrogen-bond donors (Lipinski definition) is 2. The highest BCUT2D eigenvalue weighted by molar-refractivity contribution is 5.68. The highest BCUT2D eigenvalue weighted by atomic mass is 14.6. The first-order chi connectivity index (χ1) is 10.0. The van der Waals surface area contributed by atoms with Crippen molar-refractivity contribution in [2.75, 3.05) is 0 Å². The van der Waals surface area contributed by atoms with E-state index in [1.807, 2.05) is 6.08 Å². The van der Waals surface area contributed by atoms with Crippen molar-refractivity contribution in [1.82, 2.24) is 6.15 Å². The maximum Gasteiger partial charge on any atom is 0.0228 e. The predicted octanol–water partition coefficient (Wildman–Crippen LogP) is 5.56. The molecule has 0 aliphatic heterocycles. The van der Waals surface area contributed by atoms with E-state index in [0.29, 0.717) is 0 Å². The summed E-state index contributed by atoms with van der Waals surface area (Å²) >= 11 is 0. The monoisotopic (exact) mass is 298 g/mol. The third kappa shape index (κ3) is 5.38. The normalized spacial score (nSPS) is 13.2. The van der Waals surface area contributed by atoms with Gasteiger partial charge in [-0.1, -0.05) is 73.7 Å². The lowest BCUT2D eigenvalue weighted by Gasteiger charge is -2.21. The van der Waals surface area contributed by atoms with Crippen LogP contribution >= 0.6 is 0 Å².